The molecule has 2 rings (SSSR count). The fourth-order valence-electron chi connectivity index (χ4n) is 2.46. The normalized spacial score (nSPS) is 12.5. The third kappa shape index (κ3) is 5.35. The van der Waals surface area contributed by atoms with Gasteiger partial charge in [0.2, 0.25) is 5.91 Å². The second kappa shape index (κ2) is 8.84. The van der Waals surface area contributed by atoms with Crippen molar-refractivity contribution in [1.29, 1.82) is 0 Å². The molecule has 0 saturated carbocycles. The number of para-hydroxylation sites is 1. The first-order valence-corrected chi connectivity index (χ1v) is 9.11. The summed E-state index contributed by atoms with van der Waals surface area (Å²) in [5, 5.41) is 12.7. The van der Waals surface area contributed by atoms with E-state index in [1.54, 1.807) is 18.2 Å². The fourth-order valence-corrected chi connectivity index (χ4v) is 3.16. The summed E-state index contributed by atoms with van der Waals surface area (Å²) >= 11 is 1.38. The van der Waals surface area contributed by atoms with Crippen LogP contribution in [0.25, 0.3) is 10.9 Å². The maximum absolute atomic E-state index is 12.0. The minimum Gasteiger partial charge on any atom is -0.394 e. The maximum atomic E-state index is 12.0. The minimum absolute atomic E-state index is 0.0614. The number of aromatic nitrogens is 2. The highest BCUT2D eigenvalue weighted by molar-refractivity contribution is 7.99. The number of carbonyl (C=O) groups excluding carboxylic acids is 1. The van der Waals surface area contributed by atoms with E-state index in [0.29, 0.717) is 28.4 Å². The first-order valence-electron chi connectivity index (χ1n) is 7.95. The lowest BCUT2D eigenvalue weighted by molar-refractivity contribution is -0.119. The maximum Gasteiger partial charge on any atom is 0.258 e. The number of amides is 1. The molecule has 7 heteroatoms. The molecule has 130 valence electrons. The molecule has 0 bridgehead atoms. The second-order valence-electron chi connectivity index (χ2n) is 6.10. The molecule has 0 aliphatic heterocycles. The molecule has 0 saturated heterocycles. The van der Waals surface area contributed by atoms with Gasteiger partial charge < -0.3 is 15.4 Å². The molecular formula is C17H23N3O3S. The summed E-state index contributed by atoms with van der Waals surface area (Å²) < 4.78 is 0. The van der Waals surface area contributed by atoms with Crippen LogP contribution in [0.3, 0.4) is 0 Å². The zero-order chi connectivity index (χ0) is 17.5. The molecule has 2 aromatic rings. The van der Waals surface area contributed by atoms with Gasteiger partial charge in [0.1, 0.15) is 5.82 Å². The van der Waals surface area contributed by atoms with Crippen LogP contribution in [-0.2, 0) is 10.5 Å². The summed E-state index contributed by atoms with van der Waals surface area (Å²) in [6.07, 6.45) is 0.743. The van der Waals surface area contributed by atoms with E-state index in [2.05, 4.69) is 15.3 Å². The minimum atomic E-state index is -0.211. The van der Waals surface area contributed by atoms with Gasteiger partial charge in [-0.05, 0) is 24.5 Å². The molecule has 0 fully saturated rings. The van der Waals surface area contributed by atoms with Crippen LogP contribution < -0.4 is 10.9 Å². The Kier molecular flexibility index (Phi) is 6.81. The third-order valence-electron chi connectivity index (χ3n) is 3.48. The Morgan fingerprint density at radius 2 is 2.12 bits per heavy atom. The average Bonchev–Trinajstić information content (AvgIpc) is 2.54. The number of hydrogen-bond donors (Lipinski definition) is 3. The Hall–Kier alpha value is -1.86. The number of nitrogens with one attached hydrogen (secondary N) is 2. The summed E-state index contributed by atoms with van der Waals surface area (Å²) in [6, 6.07) is 6.95. The lowest BCUT2D eigenvalue weighted by Crippen LogP contribution is -2.39. The second-order valence-corrected chi connectivity index (χ2v) is 7.08. The van der Waals surface area contributed by atoms with Crippen molar-refractivity contribution in [2.24, 2.45) is 5.92 Å². The topological polar surface area (TPSA) is 95.1 Å². The van der Waals surface area contributed by atoms with Crippen LogP contribution in [0.4, 0.5) is 0 Å². The molecule has 1 aromatic heterocycles. The third-order valence-corrected chi connectivity index (χ3v) is 4.42. The standard InChI is InChI=1S/C17H23N3O3S/c1-11(2)7-12(8-21)18-16(22)10-24-9-15-19-14-6-4-3-5-13(14)17(23)20-15/h3-6,11-12,21H,7-10H2,1-2H3,(H,18,22)(H,19,20,23). The van der Waals surface area contributed by atoms with E-state index < -0.39 is 0 Å². The molecule has 1 unspecified atom stereocenters. The molecule has 6 nitrogen and oxygen atoms in total. The Morgan fingerprint density at radius 3 is 2.83 bits per heavy atom. The predicted octanol–water partition coefficient (Wildman–Crippen LogP) is 1.68. The molecule has 1 amide bonds. The van der Waals surface area contributed by atoms with E-state index >= 15 is 0 Å². The lowest BCUT2D eigenvalue weighted by Gasteiger charge is -2.18. The predicted molar refractivity (Wildman–Crippen MR) is 97.0 cm³/mol. The van der Waals surface area contributed by atoms with Crippen molar-refractivity contribution in [2.45, 2.75) is 32.1 Å². The first-order chi connectivity index (χ1) is 11.5. The Morgan fingerprint density at radius 1 is 1.38 bits per heavy atom. The summed E-state index contributed by atoms with van der Waals surface area (Å²) in [7, 11) is 0. The summed E-state index contributed by atoms with van der Waals surface area (Å²) in [6.45, 7) is 4.03. The van der Waals surface area contributed by atoms with Crippen LogP contribution in [-0.4, -0.2) is 39.4 Å². The van der Waals surface area contributed by atoms with Gasteiger partial charge in [-0.3, -0.25) is 9.59 Å². The van der Waals surface area contributed by atoms with Crippen LogP contribution in [0.2, 0.25) is 0 Å². The number of aromatic amines is 1. The number of aliphatic hydroxyl groups excluding tert-OH is 1. The van der Waals surface area contributed by atoms with Crippen molar-refractivity contribution in [3.8, 4) is 0 Å². The number of H-pyrrole nitrogens is 1. The van der Waals surface area contributed by atoms with Gasteiger partial charge in [-0.1, -0.05) is 26.0 Å². The van der Waals surface area contributed by atoms with E-state index in [1.807, 2.05) is 19.9 Å². The average molecular weight is 349 g/mol. The van der Waals surface area contributed by atoms with E-state index in [4.69, 9.17) is 0 Å². The number of thioether (sulfide) groups is 1. The van der Waals surface area contributed by atoms with Crippen molar-refractivity contribution in [2.75, 3.05) is 12.4 Å². The fraction of sp³-hybridized carbons (Fsp3) is 0.471. The molecule has 0 aliphatic carbocycles. The van der Waals surface area contributed by atoms with Gasteiger partial charge in [0, 0.05) is 0 Å². The number of rotatable bonds is 8. The smallest absolute Gasteiger partial charge is 0.258 e. The molecule has 1 atom stereocenters. The van der Waals surface area contributed by atoms with Crippen LogP contribution in [0.15, 0.2) is 29.1 Å². The Balaban J connectivity index is 1.87. The molecule has 3 N–H and O–H groups in total. The quantitative estimate of drug-likeness (QED) is 0.674. The van der Waals surface area contributed by atoms with Crippen molar-refractivity contribution in [3.63, 3.8) is 0 Å². The van der Waals surface area contributed by atoms with Crippen molar-refractivity contribution >= 4 is 28.6 Å². The summed E-state index contributed by atoms with van der Waals surface area (Å²) in [4.78, 5) is 31.0. The molecule has 0 radical (unpaired) electrons. The van der Waals surface area contributed by atoms with E-state index in [1.165, 1.54) is 11.8 Å². The molecular weight excluding hydrogens is 326 g/mol. The first kappa shape index (κ1) is 18.5. The zero-order valence-corrected chi connectivity index (χ0v) is 14.7. The number of nitrogens with zero attached hydrogens (tertiary/aromatic N) is 1. The number of fused-ring (bicyclic) bond motifs is 1. The summed E-state index contributed by atoms with van der Waals surface area (Å²) in [5.74, 6) is 1.54. The van der Waals surface area contributed by atoms with Gasteiger partial charge in [0.25, 0.3) is 5.56 Å². The number of benzene rings is 1. The van der Waals surface area contributed by atoms with Gasteiger partial charge in [-0.2, -0.15) is 0 Å². The molecule has 1 heterocycles. The van der Waals surface area contributed by atoms with Crippen LogP contribution in [0.5, 0.6) is 0 Å². The van der Waals surface area contributed by atoms with Gasteiger partial charge in [-0.25, -0.2) is 4.98 Å². The van der Waals surface area contributed by atoms with Gasteiger partial charge in [0.15, 0.2) is 0 Å². The van der Waals surface area contributed by atoms with Crippen molar-refractivity contribution in [1.82, 2.24) is 15.3 Å². The SMILES string of the molecule is CC(C)CC(CO)NC(=O)CSCc1nc2ccccc2c(=O)[nH]1. The van der Waals surface area contributed by atoms with Crippen LogP contribution >= 0.6 is 11.8 Å². The monoisotopic (exact) mass is 349 g/mol. The van der Waals surface area contributed by atoms with Gasteiger partial charge in [0.05, 0.1) is 35.1 Å². The number of carbonyl (C=O) groups is 1. The van der Waals surface area contributed by atoms with E-state index in [9.17, 15) is 14.7 Å². The Bertz CT molecular complexity index is 745. The van der Waals surface area contributed by atoms with Crippen LogP contribution in [0.1, 0.15) is 26.1 Å². The molecule has 24 heavy (non-hydrogen) atoms. The van der Waals surface area contributed by atoms with E-state index in [-0.39, 0.29) is 29.9 Å². The lowest BCUT2D eigenvalue weighted by atomic mass is 10.0. The zero-order valence-electron chi connectivity index (χ0n) is 13.9. The van der Waals surface area contributed by atoms with Gasteiger partial charge >= 0.3 is 0 Å². The summed E-state index contributed by atoms with van der Waals surface area (Å²) in [5.41, 5.74) is 0.483. The number of aliphatic hydroxyl groups is 1. The number of hydrogen-bond acceptors (Lipinski definition) is 5. The van der Waals surface area contributed by atoms with Crippen LogP contribution in [0, 0.1) is 5.92 Å². The Labute approximate surface area is 145 Å². The van der Waals surface area contributed by atoms with Crippen molar-refractivity contribution < 1.29 is 9.90 Å². The molecule has 0 aliphatic rings. The molecule has 0 spiro atoms. The van der Waals surface area contributed by atoms with Crippen molar-refractivity contribution in [3.05, 3.63) is 40.4 Å². The van der Waals surface area contributed by atoms with E-state index in [0.717, 1.165) is 6.42 Å². The highest BCUT2D eigenvalue weighted by atomic mass is 32.2. The highest BCUT2D eigenvalue weighted by Gasteiger charge is 2.13. The largest absolute Gasteiger partial charge is 0.394 e. The molecule has 1 aromatic carbocycles. The van der Waals surface area contributed by atoms with Gasteiger partial charge in [-0.15, -0.1) is 11.8 Å². The highest BCUT2D eigenvalue weighted by Crippen LogP contribution is 2.11.